The standard InChI is InChI=1S/C12H13NOS/c1-2-3-4-9-13-12(14)8-7-11-6-5-10-15-11/h1,5-8,10H,3-4,9H2,(H,13,14)/b8-7+. The summed E-state index contributed by atoms with van der Waals surface area (Å²) in [5.74, 6) is 2.46. The van der Waals surface area contributed by atoms with Crippen LogP contribution in [0.1, 0.15) is 17.7 Å². The Morgan fingerprint density at radius 1 is 1.67 bits per heavy atom. The Hall–Kier alpha value is -1.53. The number of terminal acetylenes is 1. The zero-order valence-corrected chi connectivity index (χ0v) is 9.22. The molecule has 0 atom stereocenters. The zero-order valence-electron chi connectivity index (χ0n) is 8.40. The van der Waals surface area contributed by atoms with Crippen LogP contribution >= 0.6 is 11.3 Å². The fourth-order valence-electron chi connectivity index (χ4n) is 1.00. The molecule has 0 unspecified atom stereocenters. The van der Waals surface area contributed by atoms with Gasteiger partial charge in [0.05, 0.1) is 0 Å². The number of amides is 1. The first-order valence-electron chi connectivity index (χ1n) is 4.76. The van der Waals surface area contributed by atoms with Crippen molar-refractivity contribution in [2.45, 2.75) is 12.8 Å². The summed E-state index contributed by atoms with van der Waals surface area (Å²) in [5.41, 5.74) is 0. The Bertz CT molecular complexity index is 359. The number of thiophene rings is 1. The van der Waals surface area contributed by atoms with Gasteiger partial charge in [0.1, 0.15) is 0 Å². The largest absolute Gasteiger partial charge is 0.353 e. The van der Waals surface area contributed by atoms with Crippen molar-refractivity contribution in [3.8, 4) is 12.3 Å². The van der Waals surface area contributed by atoms with Gasteiger partial charge in [0.25, 0.3) is 0 Å². The van der Waals surface area contributed by atoms with E-state index in [1.165, 1.54) is 0 Å². The van der Waals surface area contributed by atoms with Crippen molar-refractivity contribution in [2.75, 3.05) is 6.54 Å². The van der Waals surface area contributed by atoms with Gasteiger partial charge in [-0.15, -0.1) is 23.7 Å². The normalized spacial score (nSPS) is 10.1. The first-order chi connectivity index (χ1) is 7.33. The van der Waals surface area contributed by atoms with Crippen LogP contribution in [0.5, 0.6) is 0 Å². The molecule has 1 N–H and O–H groups in total. The van der Waals surface area contributed by atoms with E-state index in [1.807, 2.05) is 17.5 Å². The van der Waals surface area contributed by atoms with Crippen molar-refractivity contribution in [1.29, 1.82) is 0 Å². The number of nitrogens with one attached hydrogen (secondary N) is 1. The summed E-state index contributed by atoms with van der Waals surface area (Å²) in [6.07, 6.45) is 9.97. The molecule has 15 heavy (non-hydrogen) atoms. The van der Waals surface area contributed by atoms with Gasteiger partial charge in [-0.1, -0.05) is 6.07 Å². The molecule has 0 fully saturated rings. The van der Waals surface area contributed by atoms with Crippen molar-refractivity contribution < 1.29 is 4.79 Å². The van der Waals surface area contributed by atoms with Gasteiger partial charge in [-0.2, -0.15) is 0 Å². The second-order valence-corrected chi connectivity index (χ2v) is 3.93. The summed E-state index contributed by atoms with van der Waals surface area (Å²) in [6, 6.07) is 3.92. The molecule has 3 heteroatoms. The van der Waals surface area contributed by atoms with E-state index >= 15 is 0 Å². The molecule has 2 nitrogen and oxygen atoms in total. The number of carbonyl (C=O) groups is 1. The molecular weight excluding hydrogens is 206 g/mol. The molecule has 1 heterocycles. The number of hydrogen-bond acceptors (Lipinski definition) is 2. The maximum absolute atomic E-state index is 11.3. The highest BCUT2D eigenvalue weighted by Crippen LogP contribution is 2.09. The summed E-state index contributed by atoms with van der Waals surface area (Å²) in [4.78, 5) is 12.3. The van der Waals surface area contributed by atoms with Gasteiger partial charge in [0.2, 0.25) is 5.91 Å². The SMILES string of the molecule is C#CCCCNC(=O)/C=C/c1cccs1. The zero-order chi connectivity index (χ0) is 10.9. The van der Waals surface area contributed by atoms with E-state index in [9.17, 15) is 4.79 Å². The molecule has 1 aromatic heterocycles. The van der Waals surface area contributed by atoms with Crippen molar-refractivity contribution >= 4 is 23.3 Å². The van der Waals surface area contributed by atoms with Crippen LogP contribution in [-0.4, -0.2) is 12.5 Å². The summed E-state index contributed by atoms with van der Waals surface area (Å²) >= 11 is 1.60. The number of carbonyl (C=O) groups excluding carboxylic acids is 1. The fourth-order valence-corrected chi connectivity index (χ4v) is 1.62. The minimum absolute atomic E-state index is 0.0691. The third-order valence-electron chi connectivity index (χ3n) is 1.74. The minimum Gasteiger partial charge on any atom is -0.353 e. The van der Waals surface area contributed by atoms with Gasteiger partial charge in [-0.3, -0.25) is 4.79 Å². The van der Waals surface area contributed by atoms with Gasteiger partial charge in [-0.05, 0) is 23.9 Å². The molecule has 1 aromatic rings. The monoisotopic (exact) mass is 219 g/mol. The van der Waals surface area contributed by atoms with E-state index in [4.69, 9.17) is 6.42 Å². The molecule has 0 saturated carbocycles. The number of hydrogen-bond donors (Lipinski definition) is 1. The predicted octanol–water partition coefficient (Wildman–Crippen LogP) is 2.29. The second kappa shape index (κ2) is 6.86. The molecule has 1 amide bonds. The lowest BCUT2D eigenvalue weighted by Crippen LogP contribution is -2.21. The van der Waals surface area contributed by atoms with Crippen molar-refractivity contribution in [3.05, 3.63) is 28.5 Å². The number of unbranched alkanes of at least 4 members (excludes halogenated alkanes) is 1. The molecule has 0 spiro atoms. The molecule has 0 aliphatic heterocycles. The summed E-state index contributed by atoms with van der Waals surface area (Å²) in [6.45, 7) is 0.637. The molecule has 0 bridgehead atoms. The molecule has 0 aliphatic carbocycles. The van der Waals surface area contributed by atoms with Gasteiger partial charge in [0.15, 0.2) is 0 Å². The Labute approximate surface area is 94.0 Å². The quantitative estimate of drug-likeness (QED) is 0.459. The predicted molar refractivity (Wildman–Crippen MR) is 64.4 cm³/mol. The van der Waals surface area contributed by atoms with E-state index in [2.05, 4.69) is 11.2 Å². The molecule has 0 radical (unpaired) electrons. The first-order valence-corrected chi connectivity index (χ1v) is 5.64. The van der Waals surface area contributed by atoms with Crippen LogP contribution in [0.2, 0.25) is 0 Å². The fraction of sp³-hybridized carbons (Fsp3) is 0.250. The van der Waals surface area contributed by atoms with E-state index in [1.54, 1.807) is 23.5 Å². The van der Waals surface area contributed by atoms with Crippen LogP contribution in [0.4, 0.5) is 0 Å². The molecule has 0 aliphatic rings. The molecule has 0 aromatic carbocycles. The third-order valence-corrected chi connectivity index (χ3v) is 2.58. The van der Waals surface area contributed by atoms with Crippen LogP contribution < -0.4 is 5.32 Å². The smallest absolute Gasteiger partial charge is 0.244 e. The first kappa shape index (κ1) is 11.5. The van der Waals surface area contributed by atoms with Crippen LogP contribution in [0.25, 0.3) is 6.08 Å². The van der Waals surface area contributed by atoms with E-state index in [0.717, 1.165) is 11.3 Å². The lowest BCUT2D eigenvalue weighted by atomic mass is 10.3. The highest BCUT2D eigenvalue weighted by Gasteiger charge is 1.93. The van der Waals surface area contributed by atoms with Gasteiger partial charge >= 0.3 is 0 Å². The van der Waals surface area contributed by atoms with Crippen molar-refractivity contribution in [3.63, 3.8) is 0 Å². The number of rotatable bonds is 5. The summed E-state index contributed by atoms with van der Waals surface area (Å²) < 4.78 is 0. The maximum atomic E-state index is 11.3. The highest BCUT2D eigenvalue weighted by molar-refractivity contribution is 7.10. The average Bonchev–Trinajstić information content (AvgIpc) is 2.74. The highest BCUT2D eigenvalue weighted by atomic mass is 32.1. The van der Waals surface area contributed by atoms with E-state index in [-0.39, 0.29) is 5.91 Å². The Morgan fingerprint density at radius 2 is 2.53 bits per heavy atom. The van der Waals surface area contributed by atoms with Crippen LogP contribution in [0.15, 0.2) is 23.6 Å². The van der Waals surface area contributed by atoms with Gasteiger partial charge in [0, 0.05) is 23.9 Å². The Kier molecular flexibility index (Phi) is 5.28. The van der Waals surface area contributed by atoms with E-state index < -0.39 is 0 Å². The molecular formula is C12H13NOS. The van der Waals surface area contributed by atoms with Gasteiger partial charge in [-0.25, -0.2) is 0 Å². The Balaban J connectivity index is 2.22. The third kappa shape index (κ3) is 5.04. The van der Waals surface area contributed by atoms with Gasteiger partial charge < -0.3 is 5.32 Å². The minimum atomic E-state index is -0.0691. The average molecular weight is 219 g/mol. The lowest BCUT2D eigenvalue weighted by Gasteiger charge is -1.98. The van der Waals surface area contributed by atoms with Crippen LogP contribution in [-0.2, 0) is 4.79 Å². The summed E-state index contributed by atoms with van der Waals surface area (Å²) in [5, 5.41) is 4.74. The topological polar surface area (TPSA) is 29.1 Å². The van der Waals surface area contributed by atoms with Crippen molar-refractivity contribution in [2.24, 2.45) is 0 Å². The molecule has 78 valence electrons. The Morgan fingerprint density at radius 3 is 3.20 bits per heavy atom. The van der Waals surface area contributed by atoms with Crippen molar-refractivity contribution in [1.82, 2.24) is 5.32 Å². The lowest BCUT2D eigenvalue weighted by molar-refractivity contribution is -0.116. The summed E-state index contributed by atoms with van der Waals surface area (Å²) in [7, 11) is 0. The maximum Gasteiger partial charge on any atom is 0.244 e. The van der Waals surface area contributed by atoms with Crippen LogP contribution in [0, 0.1) is 12.3 Å². The molecule has 0 saturated heterocycles. The van der Waals surface area contributed by atoms with Crippen LogP contribution in [0.3, 0.4) is 0 Å². The second-order valence-electron chi connectivity index (χ2n) is 2.95. The molecule has 1 rings (SSSR count). The van der Waals surface area contributed by atoms with E-state index in [0.29, 0.717) is 13.0 Å².